The number of rotatable bonds is 1. The average molecular weight is 301 g/mol. The zero-order chi connectivity index (χ0) is 15.0. The number of hydrogen-bond acceptors (Lipinski definition) is 3. The Morgan fingerprint density at radius 1 is 1.33 bits per heavy atom. The monoisotopic (exact) mass is 301 g/mol. The zero-order valence-electron chi connectivity index (χ0n) is 12.6. The summed E-state index contributed by atoms with van der Waals surface area (Å²) < 4.78 is 5.51. The van der Waals surface area contributed by atoms with Gasteiger partial charge in [0.2, 0.25) is 0 Å². The lowest BCUT2D eigenvalue weighted by molar-refractivity contribution is 0.0985. The molecule has 2 aromatic rings. The number of thioether (sulfide) groups is 1. The number of carbonyl (C=O) groups is 1. The third-order valence-electron chi connectivity index (χ3n) is 3.76. The molecular weight excluding hydrogens is 282 g/mol. The maximum absolute atomic E-state index is 12.9. The summed E-state index contributed by atoms with van der Waals surface area (Å²) in [5.74, 6) is 1.51. The zero-order valence-corrected chi connectivity index (χ0v) is 13.4. The molecule has 1 amide bonds. The molecule has 0 spiro atoms. The molecule has 21 heavy (non-hydrogen) atoms. The third-order valence-corrected chi connectivity index (χ3v) is 5.00. The maximum Gasteiger partial charge on any atom is 0.261 e. The minimum absolute atomic E-state index is 0.0338. The van der Waals surface area contributed by atoms with Crippen LogP contribution >= 0.6 is 11.8 Å². The fourth-order valence-electron chi connectivity index (χ4n) is 2.69. The lowest BCUT2D eigenvalue weighted by atomic mass is 10.1. The molecule has 3 rings (SSSR count). The van der Waals surface area contributed by atoms with Crippen molar-refractivity contribution in [2.45, 2.75) is 37.3 Å². The summed E-state index contributed by atoms with van der Waals surface area (Å²) in [6, 6.07) is 9.97. The van der Waals surface area contributed by atoms with Crippen molar-refractivity contribution in [3.63, 3.8) is 0 Å². The van der Waals surface area contributed by atoms with Crippen LogP contribution < -0.4 is 4.90 Å². The van der Waals surface area contributed by atoms with Gasteiger partial charge in [-0.1, -0.05) is 19.1 Å². The Kier molecular flexibility index (Phi) is 3.81. The van der Waals surface area contributed by atoms with Gasteiger partial charge in [-0.05, 0) is 38.5 Å². The average Bonchev–Trinajstić information content (AvgIpc) is 2.69. The van der Waals surface area contributed by atoms with E-state index in [1.165, 1.54) is 4.90 Å². The van der Waals surface area contributed by atoms with E-state index in [4.69, 9.17) is 4.42 Å². The highest BCUT2D eigenvalue weighted by molar-refractivity contribution is 8.00. The minimum Gasteiger partial charge on any atom is -0.466 e. The second kappa shape index (κ2) is 5.60. The van der Waals surface area contributed by atoms with Gasteiger partial charge in [0.05, 0.1) is 11.3 Å². The Balaban J connectivity index is 2.02. The molecule has 0 N–H and O–H groups in total. The van der Waals surface area contributed by atoms with Gasteiger partial charge in [0.15, 0.2) is 0 Å². The van der Waals surface area contributed by atoms with Crippen LogP contribution in [0.2, 0.25) is 0 Å². The standard InChI is InChI=1S/C17H19NO2S/c1-11-10-14(13(3)20-11)17(19)18-9-8-12(2)21-16-7-5-4-6-15(16)18/h4-7,10,12H,8-9H2,1-3H3. The first-order valence-corrected chi connectivity index (χ1v) is 8.09. The van der Waals surface area contributed by atoms with Gasteiger partial charge in [-0.3, -0.25) is 4.79 Å². The summed E-state index contributed by atoms with van der Waals surface area (Å²) in [7, 11) is 0. The molecule has 1 aliphatic rings. The molecule has 0 fully saturated rings. The largest absolute Gasteiger partial charge is 0.466 e. The number of anilines is 1. The van der Waals surface area contributed by atoms with E-state index >= 15 is 0 Å². The van der Waals surface area contributed by atoms with Gasteiger partial charge in [0.25, 0.3) is 5.91 Å². The molecule has 3 nitrogen and oxygen atoms in total. The molecule has 0 aliphatic carbocycles. The SMILES string of the molecule is Cc1cc(C(=O)N2CCC(C)Sc3ccccc32)c(C)o1. The van der Waals surface area contributed by atoms with Crippen molar-refractivity contribution < 1.29 is 9.21 Å². The van der Waals surface area contributed by atoms with Crippen LogP contribution in [0.25, 0.3) is 0 Å². The number of furan rings is 1. The number of fused-ring (bicyclic) bond motifs is 1. The first-order valence-electron chi connectivity index (χ1n) is 7.21. The lowest BCUT2D eigenvalue weighted by Gasteiger charge is -2.22. The van der Waals surface area contributed by atoms with E-state index < -0.39 is 0 Å². The Bertz CT molecular complexity index is 677. The maximum atomic E-state index is 12.9. The van der Waals surface area contributed by atoms with Crippen LogP contribution in [0.5, 0.6) is 0 Å². The smallest absolute Gasteiger partial charge is 0.261 e. The van der Waals surface area contributed by atoms with Crippen LogP contribution in [0.4, 0.5) is 5.69 Å². The number of aryl methyl sites for hydroxylation is 2. The summed E-state index contributed by atoms with van der Waals surface area (Å²) in [6.07, 6.45) is 0.987. The van der Waals surface area contributed by atoms with Crippen LogP contribution in [-0.2, 0) is 0 Å². The number of benzene rings is 1. The first-order chi connectivity index (χ1) is 10.1. The minimum atomic E-state index is 0.0338. The van der Waals surface area contributed by atoms with Gasteiger partial charge in [-0.2, -0.15) is 0 Å². The molecular formula is C17H19NO2S. The molecule has 4 heteroatoms. The first kappa shape index (κ1) is 14.3. The van der Waals surface area contributed by atoms with Crippen molar-refractivity contribution >= 4 is 23.4 Å². The van der Waals surface area contributed by atoms with Crippen molar-refractivity contribution in [3.05, 3.63) is 47.4 Å². The van der Waals surface area contributed by atoms with E-state index in [0.29, 0.717) is 16.6 Å². The number of hydrogen-bond donors (Lipinski definition) is 0. The van der Waals surface area contributed by atoms with Crippen molar-refractivity contribution in [1.82, 2.24) is 0 Å². The lowest BCUT2D eigenvalue weighted by Crippen LogP contribution is -2.32. The Morgan fingerprint density at radius 2 is 2.10 bits per heavy atom. The third kappa shape index (κ3) is 2.72. The molecule has 0 saturated carbocycles. The highest BCUT2D eigenvalue weighted by atomic mass is 32.2. The normalized spacial score (nSPS) is 18.2. The van der Waals surface area contributed by atoms with Gasteiger partial charge >= 0.3 is 0 Å². The summed E-state index contributed by atoms with van der Waals surface area (Å²) in [4.78, 5) is 16.0. The summed E-state index contributed by atoms with van der Waals surface area (Å²) in [5.41, 5.74) is 1.68. The van der Waals surface area contributed by atoms with Crippen LogP contribution in [-0.4, -0.2) is 17.7 Å². The molecule has 1 unspecified atom stereocenters. The molecule has 110 valence electrons. The highest BCUT2D eigenvalue weighted by Gasteiger charge is 2.26. The molecule has 0 radical (unpaired) electrons. The molecule has 2 heterocycles. The van der Waals surface area contributed by atoms with Gasteiger partial charge in [-0.25, -0.2) is 0 Å². The fourth-order valence-corrected chi connectivity index (χ4v) is 3.80. The van der Waals surface area contributed by atoms with Gasteiger partial charge < -0.3 is 9.32 Å². The number of para-hydroxylation sites is 1. The summed E-state index contributed by atoms with van der Waals surface area (Å²) in [5, 5.41) is 0.510. The van der Waals surface area contributed by atoms with Crippen molar-refractivity contribution in [2.24, 2.45) is 0 Å². The summed E-state index contributed by atoms with van der Waals surface area (Å²) >= 11 is 1.84. The molecule has 0 bridgehead atoms. The second-order valence-electron chi connectivity index (χ2n) is 5.47. The van der Waals surface area contributed by atoms with Gasteiger partial charge in [-0.15, -0.1) is 11.8 Å². The van der Waals surface area contributed by atoms with Crippen LogP contribution in [0, 0.1) is 13.8 Å². The molecule has 1 atom stereocenters. The van der Waals surface area contributed by atoms with Crippen molar-refractivity contribution in [1.29, 1.82) is 0 Å². The van der Waals surface area contributed by atoms with Gasteiger partial charge in [0, 0.05) is 16.7 Å². The van der Waals surface area contributed by atoms with E-state index in [1.807, 2.05) is 54.8 Å². The van der Waals surface area contributed by atoms with E-state index in [0.717, 1.165) is 24.4 Å². The second-order valence-corrected chi connectivity index (χ2v) is 6.95. The predicted octanol–water partition coefficient (Wildman–Crippen LogP) is 4.43. The van der Waals surface area contributed by atoms with Crippen LogP contribution in [0.3, 0.4) is 0 Å². The van der Waals surface area contributed by atoms with Crippen molar-refractivity contribution in [2.75, 3.05) is 11.4 Å². The predicted molar refractivity (Wildman–Crippen MR) is 86.2 cm³/mol. The van der Waals surface area contributed by atoms with E-state index in [2.05, 4.69) is 13.0 Å². The fraction of sp³-hybridized carbons (Fsp3) is 0.353. The van der Waals surface area contributed by atoms with E-state index in [1.54, 1.807) is 0 Å². The van der Waals surface area contributed by atoms with E-state index in [9.17, 15) is 4.79 Å². The quantitative estimate of drug-likeness (QED) is 0.781. The topological polar surface area (TPSA) is 33.5 Å². The van der Waals surface area contributed by atoms with Crippen LogP contribution in [0.15, 0.2) is 39.6 Å². The Hall–Kier alpha value is -1.68. The van der Waals surface area contributed by atoms with Crippen LogP contribution in [0.1, 0.15) is 35.2 Å². The Morgan fingerprint density at radius 3 is 2.81 bits per heavy atom. The molecule has 1 aromatic carbocycles. The summed E-state index contributed by atoms with van der Waals surface area (Å²) in [6.45, 7) is 6.68. The van der Waals surface area contributed by atoms with Gasteiger partial charge in [0.1, 0.15) is 11.5 Å². The number of carbonyl (C=O) groups excluding carboxylic acids is 1. The molecule has 0 saturated heterocycles. The molecule has 1 aromatic heterocycles. The number of amides is 1. The number of nitrogens with zero attached hydrogens (tertiary/aromatic N) is 1. The van der Waals surface area contributed by atoms with E-state index in [-0.39, 0.29) is 5.91 Å². The molecule has 1 aliphatic heterocycles. The highest BCUT2D eigenvalue weighted by Crippen LogP contribution is 2.38. The van der Waals surface area contributed by atoms with Crippen molar-refractivity contribution in [3.8, 4) is 0 Å². The Labute approximate surface area is 129 Å².